The first-order chi connectivity index (χ1) is 8.61. The first kappa shape index (κ1) is 13.1. The average Bonchev–Trinajstić information content (AvgIpc) is 2.87. The van der Waals surface area contributed by atoms with Crippen LogP contribution < -0.4 is 5.73 Å². The fraction of sp³-hybridized carbons (Fsp3) is 0.385. The molecular formula is C13H16ClN3O. The van der Waals surface area contributed by atoms with E-state index in [4.69, 9.17) is 21.9 Å². The van der Waals surface area contributed by atoms with Crippen LogP contribution in [0.2, 0.25) is 5.02 Å². The summed E-state index contributed by atoms with van der Waals surface area (Å²) in [4.78, 5) is 4.33. The van der Waals surface area contributed by atoms with Gasteiger partial charge in [0.05, 0.1) is 6.04 Å². The van der Waals surface area contributed by atoms with Crippen LogP contribution >= 0.6 is 11.6 Å². The lowest BCUT2D eigenvalue weighted by Gasteiger charge is -2.12. The van der Waals surface area contributed by atoms with Gasteiger partial charge in [0.25, 0.3) is 0 Å². The van der Waals surface area contributed by atoms with Crippen LogP contribution in [0.25, 0.3) is 11.4 Å². The van der Waals surface area contributed by atoms with Crippen molar-refractivity contribution < 1.29 is 4.52 Å². The molecule has 0 aliphatic rings. The highest BCUT2D eigenvalue weighted by molar-refractivity contribution is 6.30. The largest absolute Gasteiger partial charge is 0.337 e. The van der Waals surface area contributed by atoms with Crippen molar-refractivity contribution in [3.05, 3.63) is 35.2 Å². The van der Waals surface area contributed by atoms with Crippen LogP contribution in [0.5, 0.6) is 0 Å². The fourth-order valence-corrected chi connectivity index (χ4v) is 1.71. The van der Waals surface area contributed by atoms with E-state index in [0.717, 1.165) is 12.0 Å². The van der Waals surface area contributed by atoms with Crippen LogP contribution in [0.15, 0.2) is 28.8 Å². The topological polar surface area (TPSA) is 64.9 Å². The quantitative estimate of drug-likeness (QED) is 0.920. The Morgan fingerprint density at radius 2 is 2.00 bits per heavy atom. The van der Waals surface area contributed by atoms with Crippen molar-refractivity contribution in [2.75, 3.05) is 0 Å². The SMILES string of the molecule is CCC(C)C(N)c1nc(-c2ccc(Cl)cc2)no1. The van der Waals surface area contributed by atoms with E-state index in [-0.39, 0.29) is 6.04 Å². The summed E-state index contributed by atoms with van der Waals surface area (Å²) < 4.78 is 5.21. The first-order valence-electron chi connectivity index (χ1n) is 5.97. The molecule has 2 rings (SSSR count). The lowest BCUT2D eigenvalue weighted by Crippen LogP contribution is -2.18. The zero-order chi connectivity index (χ0) is 13.1. The smallest absolute Gasteiger partial charge is 0.244 e. The van der Waals surface area contributed by atoms with Crippen LogP contribution in [-0.2, 0) is 0 Å². The standard InChI is InChI=1S/C13H16ClN3O/c1-3-8(2)11(15)13-16-12(17-18-13)9-4-6-10(14)7-5-9/h4-8,11H,3,15H2,1-2H3. The normalized spacial score (nSPS) is 14.4. The Kier molecular flexibility index (Phi) is 3.99. The summed E-state index contributed by atoms with van der Waals surface area (Å²) in [6.07, 6.45) is 0.972. The van der Waals surface area contributed by atoms with E-state index >= 15 is 0 Å². The minimum Gasteiger partial charge on any atom is -0.337 e. The molecule has 2 unspecified atom stereocenters. The summed E-state index contributed by atoms with van der Waals surface area (Å²) in [5, 5.41) is 4.62. The van der Waals surface area contributed by atoms with Gasteiger partial charge in [-0.3, -0.25) is 0 Å². The molecule has 1 heterocycles. The van der Waals surface area contributed by atoms with Crippen LogP contribution in [0.4, 0.5) is 0 Å². The maximum Gasteiger partial charge on any atom is 0.244 e. The molecule has 0 fully saturated rings. The van der Waals surface area contributed by atoms with Gasteiger partial charge < -0.3 is 10.3 Å². The van der Waals surface area contributed by atoms with Crippen LogP contribution in [0, 0.1) is 5.92 Å². The number of hydrogen-bond acceptors (Lipinski definition) is 4. The molecular weight excluding hydrogens is 250 g/mol. The Morgan fingerprint density at radius 3 is 2.61 bits per heavy atom. The molecule has 2 atom stereocenters. The van der Waals surface area contributed by atoms with Crippen molar-refractivity contribution in [1.29, 1.82) is 0 Å². The van der Waals surface area contributed by atoms with E-state index in [1.807, 2.05) is 12.1 Å². The summed E-state index contributed by atoms with van der Waals surface area (Å²) in [6, 6.07) is 7.07. The predicted molar refractivity (Wildman–Crippen MR) is 71.1 cm³/mol. The third-order valence-corrected chi connectivity index (χ3v) is 3.34. The molecule has 96 valence electrons. The molecule has 0 spiro atoms. The zero-order valence-electron chi connectivity index (χ0n) is 10.4. The molecule has 2 N–H and O–H groups in total. The van der Waals surface area contributed by atoms with E-state index < -0.39 is 0 Å². The maximum atomic E-state index is 6.05. The third-order valence-electron chi connectivity index (χ3n) is 3.09. The Hall–Kier alpha value is -1.39. The van der Waals surface area contributed by atoms with Crippen molar-refractivity contribution in [3.63, 3.8) is 0 Å². The molecule has 5 heteroatoms. The van der Waals surface area contributed by atoms with E-state index in [9.17, 15) is 0 Å². The van der Waals surface area contributed by atoms with Crippen molar-refractivity contribution in [2.24, 2.45) is 11.7 Å². The van der Waals surface area contributed by atoms with Gasteiger partial charge >= 0.3 is 0 Å². The Bertz CT molecular complexity index is 509. The van der Waals surface area contributed by atoms with Gasteiger partial charge in [-0.2, -0.15) is 4.98 Å². The first-order valence-corrected chi connectivity index (χ1v) is 6.34. The third kappa shape index (κ3) is 2.71. The van der Waals surface area contributed by atoms with Crippen molar-refractivity contribution >= 4 is 11.6 Å². The van der Waals surface area contributed by atoms with Gasteiger partial charge in [-0.25, -0.2) is 0 Å². The number of rotatable bonds is 4. The molecule has 18 heavy (non-hydrogen) atoms. The zero-order valence-corrected chi connectivity index (χ0v) is 11.2. The molecule has 1 aromatic heterocycles. The molecule has 2 aromatic rings. The summed E-state index contributed by atoms with van der Waals surface area (Å²) in [5.41, 5.74) is 6.91. The molecule has 0 saturated heterocycles. The minimum absolute atomic E-state index is 0.219. The van der Waals surface area contributed by atoms with Gasteiger partial charge in [0, 0.05) is 10.6 Å². The van der Waals surface area contributed by atoms with E-state index in [0.29, 0.717) is 22.7 Å². The number of hydrogen-bond donors (Lipinski definition) is 1. The molecule has 0 bridgehead atoms. The second-order valence-electron chi connectivity index (χ2n) is 4.37. The van der Waals surface area contributed by atoms with Gasteiger partial charge in [-0.15, -0.1) is 0 Å². The number of benzene rings is 1. The Labute approximate surface area is 111 Å². The molecule has 4 nitrogen and oxygen atoms in total. The van der Waals surface area contributed by atoms with Crippen LogP contribution in [0.1, 0.15) is 32.2 Å². The lowest BCUT2D eigenvalue weighted by atomic mass is 10.0. The van der Waals surface area contributed by atoms with Crippen molar-refractivity contribution in [1.82, 2.24) is 10.1 Å². The maximum absolute atomic E-state index is 6.05. The second kappa shape index (κ2) is 5.50. The van der Waals surface area contributed by atoms with Gasteiger partial charge in [0.15, 0.2) is 0 Å². The van der Waals surface area contributed by atoms with Crippen molar-refractivity contribution in [3.8, 4) is 11.4 Å². The lowest BCUT2D eigenvalue weighted by molar-refractivity contribution is 0.312. The number of halogens is 1. The molecule has 1 aromatic carbocycles. The van der Waals surface area contributed by atoms with Gasteiger partial charge in [0.2, 0.25) is 11.7 Å². The highest BCUT2D eigenvalue weighted by Gasteiger charge is 2.20. The van der Waals surface area contributed by atoms with Crippen LogP contribution in [0.3, 0.4) is 0 Å². The molecule has 0 radical (unpaired) electrons. The van der Waals surface area contributed by atoms with Gasteiger partial charge in [-0.05, 0) is 30.2 Å². The summed E-state index contributed by atoms with van der Waals surface area (Å²) in [7, 11) is 0. The molecule has 0 aliphatic heterocycles. The molecule has 0 amide bonds. The Morgan fingerprint density at radius 1 is 1.33 bits per heavy atom. The van der Waals surface area contributed by atoms with E-state index in [2.05, 4.69) is 24.0 Å². The number of nitrogens with two attached hydrogens (primary N) is 1. The van der Waals surface area contributed by atoms with Gasteiger partial charge in [-0.1, -0.05) is 37.0 Å². The predicted octanol–water partition coefficient (Wildman–Crippen LogP) is 3.44. The van der Waals surface area contributed by atoms with Gasteiger partial charge in [0.1, 0.15) is 0 Å². The average molecular weight is 266 g/mol. The Balaban J connectivity index is 2.22. The van der Waals surface area contributed by atoms with E-state index in [1.54, 1.807) is 12.1 Å². The fourth-order valence-electron chi connectivity index (χ4n) is 1.58. The second-order valence-corrected chi connectivity index (χ2v) is 4.81. The monoisotopic (exact) mass is 265 g/mol. The highest BCUT2D eigenvalue weighted by Crippen LogP contribution is 2.24. The molecule has 0 saturated carbocycles. The highest BCUT2D eigenvalue weighted by atomic mass is 35.5. The van der Waals surface area contributed by atoms with Crippen LogP contribution in [-0.4, -0.2) is 10.1 Å². The number of nitrogens with zero attached hydrogens (tertiary/aromatic N) is 2. The minimum atomic E-state index is -0.219. The summed E-state index contributed by atoms with van der Waals surface area (Å²) in [6.45, 7) is 4.15. The van der Waals surface area contributed by atoms with E-state index in [1.165, 1.54) is 0 Å². The summed E-state index contributed by atoms with van der Waals surface area (Å²) in [5.74, 6) is 1.33. The number of aromatic nitrogens is 2. The summed E-state index contributed by atoms with van der Waals surface area (Å²) >= 11 is 5.83. The van der Waals surface area contributed by atoms with Crippen molar-refractivity contribution in [2.45, 2.75) is 26.3 Å². The molecule has 0 aliphatic carbocycles.